The van der Waals surface area contributed by atoms with Crippen molar-refractivity contribution in [1.29, 1.82) is 0 Å². The van der Waals surface area contributed by atoms with Gasteiger partial charge in [0.1, 0.15) is 11.7 Å². The van der Waals surface area contributed by atoms with Crippen LogP contribution in [0.4, 0.5) is 5.69 Å². The molecule has 0 bridgehead atoms. The van der Waals surface area contributed by atoms with Crippen molar-refractivity contribution < 1.29 is 23.8 Å². The molecule has 0 aliphatic carbocycles. The number of Topliss-reactive ketones (excluding diaryl/α,β-unsaturated/α-hetero) is 1. The molecule has 3 aromatic carbocycles. The SMILES string of the molecule is COc1ccc2c(c1)C(=O)C(C(=O)Nc1ccc(CCc3ccc(OC)c(OC)c3)cc1)CS2. The van der Waals surface area contributed by atoms with E-state index in [0.29, 0.717) is 28.5 Å². The number of hydrogen-bond acceptors (Lipinski definition) is 6. The summed E-state index contributed by atoms with van der Waals surface area (Å²) in [6.07, 6.45) is 1.70. The number of carbonyl (C=O) groups is 2. The van der Waals surface area contributed by atoms with Crippen molar-refractivity contribution in [2.75, 3.05) is 32.4 Å². The number of aryl methyl sites for hydroxylation is 2. The predicted octanol–water partition coefficient (Wildman–Crippen LogP) is 5.04. The van der Waals surface area contributed by atoms with Gasteiger partial charge in [-0.15, -0.1) is 11.8 Å². The molecule has 1 aliphatic heterocycles. The number of amides is 1. The normalized spacial score (nSPS) is 14.8. The van der Waals surface area contributed by atoms with Crippen molar-refractivity contribution in [3.8, 4) is 17.2 Å². The van der Waals surface area contributed by atoms with Gasteiger partial charge in [-0.1, -0.05) is 18.2 Å². The van der Waals surface area contributed by atoms with Gasteiger partial charge in [0, 0.05) is 21.9 Å². The average molecular weight is 478 g/mol. The lowest BCUT2D eigenvalue weighted by Crippen LogP contribution is -2.34. The highest BCUT2D eigenvalue weighted by Crippen LogP contribution is 2.35. The molecule has 176 valence electrons. The fourth-order valence-corrected chi connectivity index (χ4v) is 5.02. The molecular weight excluding hydrogens is 450 g/mol. The summed E-state index contributed by atoms with van der Waals surface area (Å²) in [5, 5.41) is 2.90. The van der Waals surface area contributed by atoms with Crippen LogP contribution >= 0.6 is 11.8 Å². The van der Waals surface area contributed by atoms with Crippen molar-refractivity contribution in [1.82, 2.24) is 0 Å². The van der Waals surface area contributed by atoms with E-state index in [1.165, 1.54) is 11.8 Å². The molecule has 1 N–H and O–H groups in total. The Morgan fingerprint density at radius 1 is 0.882 bits per heavy atom. The van der Waals surface area contributed by atoms with Crippen LogP contribution in [0.15, 0.2) is 65.6 Å². The van der Waals surface area contributed by atoms with Crippen LogP contribution in [0.3, 0.4) is 0 Å². The maximum atomic E-state index is 12.9. The van der Waals surface area contributed by atoms with Crippen LogP contribution in [0.5, 0.6) is 17.2 Å². The molecular formula is C27H27NO5S. The molecule has 1 heterocycles. The van der Waals surface area contributed by atoms with Gasteiger partial charge in [-0.3, -0.25) is 9.59 Å². The van der Waals surface area contributed by atoms with E-state index in [0.717, 1.165) is 34.6 Å². The molecule has 0 spiro atoms. The molecule has 0 saturated heterocycles. The molecule has 0 fully saturated rings. The number of fused-ring (bicyclic) bond motifs is 1. The highest BCUT2D eigenvalue weighted by Gasteiger charge is 2.33. The van der Waals surface area contributed by atoms with Crippen LogP contribution in [-0.2, 0) is 17.6 Å². The number of nitrogens with one attached hydrogen (secondary N) is 1. The molecule has 6 nitrogen and oxygen atoms in total. The summed E-state index contributed by atoms with van der Waals surface area (Å²) in [4.78, 5) is 26.7. The van der Waals surface area contributed by atoms with Crippen molar-refractivity contribution in [2.45, 2.75) is 17.7 Å². The minimum Gasteiger partial charge on any atom is -0.497 e. The van der Waals surface area contributed by atoms with Gasteiger partial charge < -0.3 is 19.5 Å². The standard InChI is InChI=1S/C27H27NO5S/c1-31-20-11-13-25-21(15-20)26(29)22(16-34-25)27(30)28-19-9-6-17(7-10-19)4-5-18-8-12-23(32-2)24(14-18)33-3/h6-15,22H,4-5,16H2,1-3H3,(H,28,30). The zero-order valence-corrected chi connectivity index (χ0v) is 20.2. The Balaban J connectivity index is 1.36. The van der Waals surface area contributed by atoms with Gasteiger partial charge in [-0.05, 0) is 66.4 Å². The van der Waals surface area contributed by atoms with E-state index in [2.05, 4.69) is 5.32 Å². The highest BCUT2D eigenvalue weighted by molar-refractivity contribution is 7.99. The van der Waals surface area contributed by atoms with Crippen LogP contribution in [0, 0.1) is 5.92 Å². The van der Waals surface area contributed by atoms with Crippen LogP contribution < -0.4 is 19.5 Å². The summed E-state index contributed by atoms with van der Waals surface area (Å²) in [6, 6.07) is 19.1. The van der Waals surface area contributed by atoms with E-state index in [4.69, 9.17) is 14.2 Å². The maximum Gasteiger partial charge on any atom is 0.236 e. The molecule has 34 heavy (non-hydrogen) atoms. The molecule has 1 atom stereocenters. The van der Waals surface area contributed by atoms with E-state index in [1.807, 2.05) is 54.6 Å². The first kappa shape index (κ1) is 23.7. The Kier molecular flexibility index (Phi) is 7.43. The first-order valence-corrected chi connectivity index (χ1v) is 12.0. The Morgan fingerprint density at radius 2 is 1.59 bits per heavy atom. The number of thioether (sulfide) groups is 1. The molecule has 4 rings (SSSR count). The van der Waals surface area contributed by atoms with Gasteiger partial charge in [0.05, 0.1) is 21.3 Å². The van der Waals surface area contributed by atoms with E-state index < -0.39 is 5.92 Å². The second-order valence-electron chi connectivity index (χ2n) is 7.97. The van der Waals surface area contributed by atoms with Gasteiger partial charge in [-0.25, -0.2) is 0 Å². The number of ether oxygens (including phenoxy) is 3. The first-order valence-electron chi connectivity index (χ1n) is 11.0. The van der Waals surface area contributed by atoms with Crippen LogP contribution in [0.1, 0.15) is 21.5 Å². The monoisotopic (exact) mass is 477 g/mol. The Morgan fingerprint density at radius 3 is 2.29 bits per heavy atom. The number of carbonyl (C=O) groups excluding carboxylic acids is 2. The van der Waals surface area contributed by atoms with E-state index in [9.17, 15) is 9.59 Å². The van der Waals surface area contributed by atoms with Gasteiger partial charge in [0.25, 0.3) is 0 Å². The van der Waals surface area contributed by atoms with Crippen LogP contribution in [-0.4, -0.2) is 38.8 Å². The second kappa shape index (κ2) is 10.7. The van der Waals surface area contributed by atoms with Crippen molar-refractivity contribution in [3.05, 3.63) is 77.4 Å². The smallest absolute Gasteiger partial charge is 0.236 e. The van der Waals surface area contributed by atoms with Crippen molar-refractivity contribution in [3.63, 3.8) is 0 Å². The molecule has 1 aliphatic rings. The number of hydrogen-bond donors (Lipinski definition) is 1. The Hall–Kier alpha value is -3.45. The molecule has 1 unspecified atom stereocenters. The lowest BCUT2D eigenvalue weighted by atomic mass is 9.97. The summed E-state index contributed by atoms with van der Waals surface area (Å²) < 4.78 is 15.9. The van der Waals surface area contributed by atoms with E-state index in [1.54, 1.807) is 27.4 Å². The van der Waals surface area contributed by atoms with Crippen molar-refractivity contribution in [2.24, 2.45) is 5.92 Å². The quantitative estimate of drug-likeness (QED) is 0.458. The molecule has 1 amide bonds. The lowest BCUT2D eigenvalue weighted by Gasteiger charge is -2.22. The third-order valence-corrected chi connectivity index (χ3v) is 7.03. The molecule has 0 aromatic heterocycles. The minimum atomic E-state index is -0.727. The summed E-state index contributed by atoms with van der Waals surface area (Å²) in [6.45, 7) is 0. The highest BCUT2D eigenvalue weighted by atomic mass is 32.2. The van der Waals surface area contributed by atoms with Crippen LogP contribution in [0.25, 0.3) is 0 Å². The van der Waals surface area contributed by atoms with E-state index in [-0.39, 0.29) is 11.7 Å². The predicted molar refractivity (Wildman–Crippen MR) is 134 cm³/mol. The maximum absolute atomic E-state index is 12.9. The average Bonchev–Trinajstić information content (AvgIpc) is 2.88. The fourth-order valence-electron chi connectivity index (χ4n) is 3.89. The summed E-state index contributed by atoms with van der Waals surface area (Å²) in [5.41, 5.74) is 3.52. The molecule has 0 radical (unpaired) electrons. The van der Waals surface area contributed by atoms with Crippen LogP contribution in [0.2, 0.25) is 0 Å². The van der Waals surface area contributed by atoms with E-state index >= 15 is 0 Å². The van der Waals surface area contributed by atoms with Gasteiger partial charge in [0.2, 0.25) is 5.91 Å². The summed E-state index contributed by atoms with van der Waals surface area (Å²) >= 11 is 1.52. The van der Waals surface area contributed by atoms with Crippen molar-refractivity contribution >= 4 is 29.1 Å². The largest absolute Gasteiger partial charge is 0.497 e. The minimum absolute atomic E-state index is 0.170. The zero-order chi connectivity index (χ0) is 24.1. The summed E-state index contributed by atoms with van der Waals surface area (Å²) in [7, 11) is 4.81. The summed E-state index contributed by atoms with van der Waals surface area (Å²) in [5.74, 6) is 1.28. The number of methoxy groups -OCH3 is 3. The molecule has 0 saturated carbocycles. The number of ketones is 1. The van der Waals surface area contributed by atoms with Gasteiger partial charge in [0.15, 0.2) is 17.3 Å². The topological polar surface area (TPSA) is 73.9 Å². The third kappa shape index (κ3) is 5.20. The number of anilines is 1. The zero-order valence-electron chi connectivity index (χ0n) is 19.4. The third-order valence-electron chi connectivity index (χ3n) is 5.86. The number of benzene rings is 3. The Bertz CT molecular complexity index is 1190. The second-order valence-corrected chi connectivity index (χ2v) is 9.03. The van der Waals surface area contributed by atoms with Gasteiger partial charge in [-0.2, -0.15) is 0 Å². The lowest BCUT2D eigenvalue weighted by molar-refractivity contribution is -0.118. The first-order chi connectivity index (χ1) is 16.5. The fraction of sp³-hybridized carbons (Fsp3) is 0.259. The molecule has 7 heteroatoms. The number of rotatable bonds is 8. The van der Waals surface area contributed by atoms with Gasteiger partial charge >= 0.3 is 0 Å². The molecule has 3 aromatic rings. The Labute approximate surface area is 203 Å².